The molecule has 1 saturated heterocycles. The third-order valence-electron chi connectivity index (χ3n) is 4.20. The number of carbonyl (C=O) groups is 2. The van der Waals surface area contributed by atoms with Crippen molar-refractivity contribution >= 4 is 11.9 Å². The molecule has 2 aliphatic heterocycles. The standard InChI is InChI=1S/C17H21NO6/c1-21-17(20)24-16-10-18(9-7-13(16)19)8-6-12-11-22-14-4-2-3-5-15(14)23-12/h2-5,12,16H,6-11H2,1H3. The van der Waals surface area contributed by atoms with E-state index in [1.165, 1.54) is 7.11 Å². The summed E-state index contributed by atoms with van der Waals surface area (Å²) in [4.78, 5) is 25.1. The molecule has 0 saturated carbocycles. The fourth-order valence-electron chi connectivity index (χ4n) is 2.86. The molecule has 2 heterocycles. The Labute approximate surface area is 140 Å². The number of hydrogen-bond acceptors (Lipinski definition) is 7. The van der Waals surface area contributed by atoms with Crippen molar-refractivity contribution in [1.82, 2.24) is 4.90 Å². The minimum atomic E-state index is -0.823. The van der Waals surface area contributed by atoms with Crippen molar-refractivity contribution in [1.29, 1.82) is 0 Å². The van der Waals surface area contributed by atoms with E-state index in [4.69, 9.17) is 14.2 Å². The third kappa shape index (κ3) is 3.97. The number of fused-ring (bicyclic) bond motifs is 1. The first-order valence-corrected chi connectivity index (χ1v) is 8.04. The molecule has 0 radical (unpaired) electrons. The van der Waals surface area contributed by atoms with Crippen LogP contribution in [0.3, 0.4) is 0 Å². The second-order valence-corrected chi connectivity index (χ2v) is 5.86. The van der Waals surface area contributed by atoms with Crippen molar-refractivity contribution < 1.29 is 28.5 Å². The van der Waals surface area contributed by atoms with Crippen LogP contribution in [0.5, 0.6) is 11.5 Å². The zero-order valence-corrected chi connectivity index (χ0v) is 13.6. The molecule has 3 rings (SSSR count). The van der Waals surface area contributed by atoms with E-state index in [1.54, 1.807) is 0 Å². The number of carbonyl (C=O) groups excluding carboxylic acids is 2. The summed E-state index contributed by atoms with van der Waals surface area (Å²) in [6.07, 6.45) is -0.469. The van der Waals surface area contributed by atoms with Crippen molar-refractivity contribution in [2.45, 2.75) is 25.0 Å². The van der Waals surface area contributed by atoms with Gasteiger partial charge in [-0.1, -0.05) is 12.1 Å². The molecule has 7 nitrogen and oxygen atoms in total. The van der Waals surface area contributed by atoms with Gasteiger partial charge in [0, 0.05) is 32.5 Å². The summed E-state index contributed by atoms with van der Waals surface area (Å²) in [6.45, 7) is 2.29. The van der Waals surface area contributed by atoms with Gasteiger partial charge >= 0.3 is 6.16 Å². The molecule has 7 heteroatoms. The molecular formula is C17H21NO6. The molecule has 2 unspecified atom stereocenters. The van der Waals surface area contributed by atoms with Crippen LogP contribution >= 0.6 is 0 Å². The number of benzene rings is 1. The fraction of sp³-hybridized carbons (Fsp3) is 0.529. The van der Waals surface area contributed by atoms with E-state index < -0.39 is 12.3 Å². The number of ketones is 1. The zero-order chi connectivity index (χ0) is 16.9. The summed E-state index contributed by atoms with van der Waals surface area (Å²) in [7, 11) is 1.23. The van der Waals surface area contributed by atoms with Gasteiger partial charge in [0.2, 0.25) is 0 Å². The summed E-state index contributed by atoms with van der Waals surface area (Å²) in [5, 5.41) is 0. The largest absolute Gasteiger partial charge is 0.508 e. The van der Waals surface area contributed by atoms with Gasteiger partial charge < -0.3 is 18.9 Å². The predicted octanol–water partition coefficient (Wildman–Crippen LogP) is 1.64. The Balaban J connectivity index is 1.48. The molecule has 0 spiro atoms. The SMILES string of the molecule is COC(=O)OC1CN(CCC2COc3ccccc3O2)CCC1=O. The summed E-state index contributed by atoms with van der Waals surface area (Å²) >= 11 is 0. The maximum absolute atomic E-state index is 11.8. The molecule has 0 aromatic heterocycles. The summed E-state index contributed by atoms with van der Waals surface area (Å²) in [5.74, 6) is 1.46. The smallest absolute Gasteiger partial charge is 0.486 e. The van der Waals surface area contributed by atoms with Gasteiger partial charge in [0.05, 0.1) is 7.11 Å². The molecule has 1 fully saturated rings. The Morgan fingerprint density at radius 2 is 2.12 bits per heavy atom. The lowest BCUT2D eigenvalue weighted by Crippen LogP contribution is -2.47. The number of methoxy groups -OCH3 is 1. The Morgan fingerprint density at radius 3 is 2.92 bits per heavy atom. The van der Waals surface area contributed by atoms with E-state index in [9.17, 15) is 9.59 Å². The Morgan fingerprint density at radius 1 is 1.33 bits per heavy atom. The molecule has 0 amide bonds. The molecule has 2 atom stereocenters. The second-order valence-electron chi connectivity index (χ2n) is 5.86. The van der Waals surface area contributed by atoms with Crippen LogP contribution < -0.4 is 9.47 Å². The second kappa shape index (κ2) is 7.53. The number of para-hydroxylation sites is 2. The average molecular weight is 335 g/mol. The van der Waals surface area contributed by atoms with Crippen molar-refractivity contribution in [2.24, 2.45) is 0 Å². The minimum Gasteiger partial charge on any atom is -0.486 e. The first kappa shape index (κ1) is 16.6. The summed E-state index contributed by atoms with van der Waals surface area (Å²) in [5.41, 5.74) is 0. The predicted molar refractivity (Wildman–Crippen MR) is 84.3 cm³/mol. The third-order valence-corrected chi connectivity index (χ3v) is 4.20. The van der Waals surface area contributed by atoms with Crippen molar-refractivity contribution in [3.8, 4) is 11.5 Å². The highest BCUT2D eigenvalue weighted by Crippen LogP contribution is 2.31. The maximum Gasteiger partial charge on any atom is 0.508 e. The first-order valence-electron chi connectivity index (χ1n) is 8.04. The molecule has 0 N–H and O–H groups in total. The first-order chi connectivity index (χ1) is 11.7. The van der Waals surface area contributed by atoms with Crippen LogP contribution in [-0.2, 0) is 14.3 Å². The molecule has 2 aliphatic rings. The molecule has 24 heavy (non-hydrogen) atoms. The maximum atomic E-state index is 11.8. The monoisotopic (exact) mass is 335 g/mol. The van der Waals surface area contributed by atoms with Crippen LogP contribution in [0.4, 0.5) is 4.79 Å². The lowest BCUT2D eigenvalue weighted by molar-refractivity contribution is -0.133. The minimum absolute atomic E-state index is 0.0301. The summed E-state index contributed by atoms with van der Waals surface area (Å²) in [6, 6.07) is 7.60. The molecule has 0 bridgehead atoms. The zero-order valence-electron chi connectivity index (χ0n) is 13.6. The molecule has 130 valence electrons. The number of nitrogens with zero attached hydrogens (tertiary/aromatic N) is 1. The van der Waals surface area contributed by atoms with Crippen molar-refractivity contribution in [2.75, 3.05) is 33.4 Å². The van der Waals surface area contributed by atoms with Gasteiger partial charge in [-0.15, -0.1) is 0 Å². The van der Waals surface area contributed by atoms with Gasteiger partial charge in [0.15, 0.2) is 23.4 Å². The van der Waals surface area contributed by atoms with E-state index in [0.29, 0.717) is 26.1 Å². The Bertz CT molecular complexity index is 604. The number of rotatable bonds is 4. The van der Waals surface area contributed by atoms with Crippen LogP contribution in [-0.4, -0.2) is 62.4 Å². The number of piperidine rings is 1. The van der Waals surface area contributed by atoms with Crippen LogP contribution in [0, 0.1) is 0 Å². The number of ether oxygens (including phenoxy) is 4. The summed E-state index contributed by atoms with van der Waals surface area (Å²) < 4.78 is 21.1. The average Bonchev–Trinajstić information content (AvgIpc) is 2.62. The molecule has 1 aromatic carbocycles. The normalized spacial score (nSPS) is 23.6. The lowest BCUT2D eigenvalue weighted by atomic mass is 10.1. The van der Waals surface area contributed by atoms with E-state index in [2.05, 4.69) is 9.64 Å². The number of hydrogen-bond donors (Lipinski definition) is 0. The van der Waals surface area contributed by atoms with Crippen LogP contribution in [0.15, 0.2) is 24.3 Å². The molecular weight excluding hydrogens is 314 g/mol. The van der Waals surface area contributed by atoms with E-state index in [1.807, 2.05) is 24.3 Å². The van der Waals surface area contributed by atoms with Crippen LogP contribution in [0.25, 0.3) is 0 Å². The van der Waals surface area contributed by atoms with Gasteiger partial charge in [-0.3, -0.25) is 9.69 Å². The highest BCUT2D eigenvalue weighted by Gasteiger charge is 2.31. The van der Waals surface area contributed by atoms with Gasteiger partial charge in [-0.2, -0.15) is 0 Å². The molecule has 1 aromatic rings. The van der Waals surface area contributed by atoms with Gasteiger partial charge in [-0.05, 0) is 12.1 Å². The fourth-order valence-corrected chi connectivity index (χ4v) is 2.86. The molecule has 0 aliphatic carbocycles. The van der Waals surface area contributed by atoms with Gasteiger partial charge in [-0.25, -0.2) is 4.79 Å². The highest BCUT2D eigenvalue weighted by atomic mass is 16.7. The Hall–Kier alpha value is -2.28. The van der Waals surface area contributed by atoms with E-state index >= 15 is 0 Å². The lowest BCUT2D eigenvalue weighted by Gasteiger charge is -2.33. The quantitative estimate of drug-likeness (QED) is 0.774. The van der Waals surface area contributed by atoms with Gasteiger partial charge in [0.1, 0.15) is 12.7 Å². The highest BCUT2D eigenvalue weighted by molar-refractivity contribution is 5.85. The number of likely N-dealkylation sites (tertiary alicyclic amines) is 1. The van der Waals surface area contributed by atoms with E-state index in [-0.39, 0.29) is 11.9 Å². The van der Waals surface area contributed by atoms with Gasteiger partial charge in [0.25, 0.3) is 0 Å². The van der Waals surface area contributed by atoms with Crippen LogP contribution in [0.2, 0.25) is 0 Å². The van der Waals surface area contributed by atoms with Crippen molar-refractivity contribution in [3.05, 3.63) is 24.3 Å². The Kier molecular flexibility index (Phi) is 5.20. The van der Waals surface area contributed by atoms with Crippen molar-refractivity contribution in [3.63, 3.8) is 0 Å². The van der Waals surface area contributed by atoms with Crippen LogP contribution in [0.1, 0.15) is 12.8 Å². The number of Topliss-reactive ketones (excluding diaryl/α,β-unsaturated/α-hetero) is 1. The topological polar surface area (TPSA) is 74.3 Å². The van der Waals surface area contributed by atoms with E-state index in [0.717, 1.165) is 24.5 Å².